The summed E-state index contributed by atoms with van der Waals surface area (Å²) in [6.45, 7) is 0.125. The summed E-state index contributed by atoms with van der Waals surface area (Å²) in [5, 5.41) is 17.5. The normalized spacial score (nSPS) is 30.5. The summed E-state index contributed by atoms with van der Waals surface area (Å²) in [5.74, 6) is -1.06. The summed E-state index contributed by atoms with van der Waals surface area (Å²) in [5.41, 5.74) is 0. The highest BCUT2D eigenvalue weighted by Gasteiger charge is 2.34. The molecule has 1 fully saturated rings. The van der Waals surface area contributed by atoms with Crippen LogP contribution in [-0.2, 0) is 9.59 Å². The van der Waals surface area contributed by atoms with Gasteiger partial charge in [0.25, 0.3) is 0 Å². The van der Waals surface area contributed by atoms with Gasteiger partial charge < -0.3 is 15.1 Å². The van der Waals surface area contributed by atoms with Crippen LogP contribution in [0.15, 0.2) is 0 Å². The van der Waals surface area contributed by atoms with Crippen molar-refractivity contribution in [1.82, 2.24) is 4.90 Å². The first kappa shape index (κ1) is 8.00. The number of aliphatic hydroxyl groups excluding tert-OH is 1. The standard InChI is InChI=1S/C6H9NO4/c8-3-7-2-4(9)1-5(7)6(10)11/h3-5,9H,1-2H2,(H,10,11)/t4-,5-/m1/s1. The van der Waals surface area contributed by atoms with Crippen molar-refractivity contribution in [3.63, 3.8) is 0 Å². The largest absolute Gasteiger partial charge is 0.480 e. The van der Waals surface area contributed by atoms with Crippen molar-refractivity contribution in [2.75, 3.05) is 6.54 Å². The van der Waals surface area contributed by atoms with Crippen molar-refractivity contribution < 1.29 is 19.8 Å². The number of aliphatic carboxylic acids is 1. The molecular weight excluding hydrogens is 150 g/mol. The number of aliphatic hydroxyl groups is 1. The molecule has 11 heavy (non-hydrogen) atoms. The third-order valence-electron chi connectivity index (χ3n) is 1.74. The molecule has 1 aliphatic heterocycles. The van der Waals surface area contributed by atoms with Crippen LogP contribution in [0, 0.1) is 0 Å². The van der Waals surface area contributed by atoms with Crippen LogP contribution in [0.25, 0.3) is 0 Å². The Hall–Kier alpha value is -1.10. The second-order valence-corrected chi connectivity index (χ2v) is 2.55. The van der Waals surface area contributed by atoms with E-state index >= 15 is 0 Å². The molecule has 0 unspecified atom stereocenters. The van der Waals surface area contributed by atoms with Crippen molar-refractivity contribution in [3.05, 3.63) is 0 Å². The summed E-state index contributed by atoms with van der Waals surface area (Å²) in [6.07, 6.45) is -0.107. The number of carbonyl (C=O) groups is 2. The molecule has 1 aliphatic rings. The zero-order valence-corrected chi connectivity index (χ0v) is 5.80. The van der Waals surface area contributed by atoms with Gasteiger partial charge >= 0.3 is 5.97 Å². The topological polar surface area (TPSA) is 77.8 Å². The minimum absolute atomic E-state index is 0.125. The molecule has 62 valence electrons. The van der Waals surface area contributed by atoms with Crippen LogP contribution in [0.1, 0.15) is 6.42 Å². The fraction of sp³-hybridized carbons (Fsp3) is 0.667. The Morgan fingerprint density at radius 1 is 1.64 bits per heavy atom. The van der Waals surface area contributed by atoms with E-state index in [1.54, 1.807) is 0 Å². The maximum Gasteiger partial charge on any atom is 0.326 e. The van der Waals surface area contributed by atoms with E-state index < -0.39 is 18.1 Å². The van der Waals surface area contributed by atoms with Gasteiger partial charge in [-0.15, -0.1) is 0 Å². The Balaban J connectivity index is 2.64. The zero-order valence-electron chi connectivity index (χ0n) is 5.80. The predicted octanol–water partition coefficient (Wildman–Crippen LogP) is -1.34. The van der Waals surface area contributed by atoms with E-state index in [0.717, 1.165) is 4.90 Å². The van der Waals surface area contributed by atoms with Crippen molar-refractivity contribution >= 4 is 12.4 Å². The number of hydrogen-bond acceptors (Lipinski definition) is 3. The van der Waals surface area contributed by atoms with E-state index in [2.05, 4.69) is 0 Å². The third-order valence-corrected chi connectivity index (χ3v) is 1.74. The molecule has 0 aromatic carbocycles. The van der Waals surface area contributed by atoms with Gasteiger partial charge in [-0.2, -0.15) is 0 Å². The molecule has 1 rings (SSSR count). The minimum Gasteiger partial charge on any atom is -0.480 e. The van der Waals surface area contributed by atoms with Gasteiger partial charge in [-0.3, -0.25) is 4.79 Å². The van der Waals surface area contributed by atoms with E-state index in [0.29, 0.717) is 6.41 Å². The van der Waals surface area contributed by atoms with Gasteiger partial charge in [-0.25, -0.2) is 4.79 Å². The van der Waals surface area contributed by atoms with Gasteiger partial charge in [0.2, 0.25) is 6.41 Å². The smallest absolute Gasteiger partial charge is 0.326 e. The van der Waals surface area contributed by atoms with Gasteiger partial charge in [-0.05, 0) is 0 Å². The first-order valence-corrected chi connectivity index (χ1v) is 3.27. The van der Waals surface area contributed by atoms with Crippen LogP contribution in [0.3, 0.4) is 0 Å². The van der Waals surface area contributed by atoms with Crippen LogP contribution in [0.4, 0.5) is 0 Å². The van der Waals surface area contributed by atoms with Crippen LogP contribution in [-0.4, -0.2) is 46.2 Å². The van der Waals surface area contributed by atoms with Crippen molar-refractivity contribution in [3.8, 4) is 0 Å². The lowest BCUT2D eigenvalue weighted by atomic mass is 10.2. The minimum atomic E-state index is -1.06. The fourth-order valence-corrected chi connectivity index (χ4v) is 1.20. The average molecular weight is 159 g/mol. The van der Waals surface area contributed by atoms with E-state index in [9.17, 15) is 9.59 Å². The van der Waals surface area contributed by atoms with Gasteiger partial charge in [0.05, 0.1) is 6.10 Å². The van der Waals surface area contributed by atoms with E-state index in [1.807, 2.05) is 0 Å². The monoisotopic (exact) mass is 159 g/mol. The van der Waals surface area contributed by atoms with Gasteiger partial charge in [0.15, 0.2) is 0 Å². The molecule has 0 aliphatic carbocycles. The highest BCUT2D eigenvalue weighted by atomic mass is 16.4. The van der Waals surface area contributed by atoms with E-state index in [4.69, 9.17) is 10.2 Å². The number of amides is 1. The lowest BCUT2D eigenvalue weighted by Crippen LogP contribution is -2.34. The van der Waals surface area contributed by atoms with Crippen LogP contribution >= 0.6 is 0 Å². The number of hydrogen-bond donors (Lipinski definition) is 2. The molecule has 1 heterocycles. The molecule has 5 heteroatoms. The highest BCUT2D eigenvalue weighted by Crippen LogP contribution is 2.15. The number of nitrogens with zero attached hydrogens (tertiary/aromatic N) is 1. The maximum absolute atomic E-state index is 10.4. The Labute approximate surface area is 63.2 Å². The lowest BCUT2D eigenvalue weighted by molar-refractivity contribution is -0.144. The summed E-state index contributed by atoms with van der Waals surface area (Å²) in [6, 6.07) is -0.845. The molecular formula is C6H9NO4. The number of carboxylic acids is 1. The van der Waals surface area contributed by atoms with Crippen LogP contribution in [0.5, 0.6) is 0 Å². The van der Waals surface area contributed by atoms with E-state index in [-0.39, 0.29) is 13.0 Å². The first-order valence-electron chi connectivity index (χ1n) is 3.27. The SMILES string of the molecule is O=CN1C[C@H](O)C[C@@H]1C(=O)O. The third kappa shape index (κ3) is 1.48. The number of β-amino-alcohol motifs (C(OH)–C–C–N with tert-alkyl or cyclic N) is 1. The molecule has 0 aromatic heterocycles. The Kier molecular flexibility index (Phi) is 2.09. The number of likely N-dealkylation sites (tertiary alicyclic amines) is 1. The van der Waals surface area contributed by atoms with Gasteiger partial charge in [-0.1, -0.05) is 0 Å². The molecule has 0 aromatic rings. The summed E-state index contributed by atoms with van der Waals surface area (Å²) >= 11 is 0. The molecule has 0 spiro atoms. The number of carbonyl (C=O) groups excluding carboxylic acids is 1. The molecule has 1 amide bonds. The number of carboxylic acid groups (broad SMARTS) is 1. The lowest BCUT2D eigenvalue weighted by Gasteiger charge is -2.13. The van der Waals surface area contributed by atoms with Crippen LogP contribution in [0.2, 0.25) is 0 Å². The van der Waals surface area contributed by atoms with Crippen molar-refractivity contribution in [2.24, 2.45) is 0 Å². The summed E-state index contributed by atoms with van der Waals surface area (Å²) < 4.78 is 0. The predicted molar refractivity (Wildman–Crippen MR) is 34.8 cm³/mol. The second-order valence-electron chi connectivity index (χ2n) is 2.55. The Bertz CT molecular complexity index is 181. The fourth-order valence-electron chi connectivity index (χ4n) is 1.20. The molecule has 1 saturated heterocycles. The average Bonchev–Trinajstić information content (AvgIpc) is 2.30. The Morgan fingerprint density at radius 3 is 2.64 bits per heavy atom. The molecule has 2 N–H and O–H groups in total. The van der Waals surface area contributed by atoms with Crippen molar-refractivity contribution in [1.29, 1.82) is 0 Å². The van der Waals surface area contributed by atoms with Crippen molar-refractivity contribution in [2.45, 2.75) is 18.6 Å². The van der Waals surface area contributed by atoms with E-state index in [1.165, 1.54) is 0 Å². The highest BCUT2D eigenvalue weighted by molar-refractivity contribution is 5.77. The summed E-state index contributed by atoms with van der Waals surface area (Å²) in [4.78, 5) is 21.7. The molecule has 0 radical (unpaired) electrons. The zero-order chi connectivity index (χ0) is 8.43. The van der Waals surface area contributed by atoms with Crippen LogP contribution < -0.4 is 0 Å². The van der Waals surface area contributed by atoms with Gasteiger partial charge in [0.1, 0.15) is 6.04 Å². The summed E-state index contributed by atoms with van der Waals surface area (Å²) in [7, 11) is 0. The first-order chi connectivity index (χ1) is 5.15. The maximum atomic E-state index is 10.4. The number of rotatable bonds is 2. The Morgan fingerprint density at radius 2 is 2.27 bits per heavy atom. The molecule has 5 nitrogen and oxygen atoms in total. The molecule has 0 saturated carbocycles. The molecule has 2 atom stereocenters. The van der Waals surface area contributed by atoms with Gasteiger partial charge in [0, 0.05) is 13.0 Å². The second kappa shape index (κ2) is 2.87. The molecule has 0 bridgehead atoms. The quantitative estimate of drug-likeness (QED) is 0.489.